The molecule has 4 nitrogen and oxygen atoms in total. The fraction of sp³-hybridized carbons (Fsp3) is 0.200. The highest BCUT2D eigenvalue weighted by Crippen LogP contribution is 2.14. The van der Waals surface area contributed by atoms with Crippen molar-refractivity contribution in [1.29, 1.82) is 0 Å². The molecule has 0 unspecified atom stereocenters. The number of amides is 1. The number of benzene rings is 1. The molecule has 0 aliphatic heterocycles. The van der Waals surface area contributed by atoms with Gasteiger partial charge in [-0.25, -0.2) is 4.39 Å². The maximum atomic E-state index is 13.2. The predicted octanol–water partition coefficient (Wildman–Crippen LogP) is 1.68. The number of aliphatic carboxylic acids is 1. The summed E-state index contributed by atoms with van der Waals surface area (Å²) in [5.74, 6) is -2.76. The summed E-state index contributed by atoms with van der Waals surface area (Å²) in [6, 6.07) is 2.39. The second kappa shape index (κ2) is 4.94. The molecule has 0 fully saturated rings. The molecule has 1 aromatic rings. The molecule has 0 spiro atoms. The molecule has 0 aromatic heterocycles. The Hall–Kier alpha value is -1.62. The van der Waals surface area contributed by atoms with Gasteiger partial charge in [-0.15, -0.1) is 0 Å². The fourth-order valence-electron chi connectivity index (χ4n) is 1.01. The van der Waals surface area contributed by atoms with Gasteiger partial charge < -0.3 is 10.4 Å². The van der Waals surface area contributed by atoms with E-state index >= 15 is 0 Å². The molecule has 0 aliphatic carbocycles. The fourth-order valence-corrected chi connectivity index (χ4v) is 1.18. The van der Waals surface area contributed by atoms with E-state index in [9.17, 15) is 14.0 Å². The number of halogens is 2. The van der Waals surface area contributed by atoms with Crippen LogP contribution in [0, 0.1) is 5.82 Å². The first kappa shape index (κ1) is 12.4. The first-order valence-corrected chi connectivity index (χ1v) is 4.78. The van der Waals surface area contributed by atoms with Gasteiger partial charge in [0.25, 0.3) is 5.91 Å². The summed E-state index contributed by atoms with van der Waals surface area (Å²) in [4.78, 5) is 21.9. The summed E-state index contributed by atoms with van der Waals surface area (Å²) < 4.78 is 13.2. The van der Waals surface area contributed by atoms with Crippen molar-refractivity contribution in [2.24, 2.45) is 0 Å². The predicted molar refractivity (Wildman–Crippen MR) is 56.0 cm³/mol. The van der Waals surface area contributed by atoms with E-state index in [2.05, 4.69) is 5.32 Å². The Kier molecular flexibility index (Phi) is 3.84. The van der Waals surface area contributed by atoms with Gasteiger partial charge in [0.2, 0.25) is 0 Å². The topological polar surface area (TPSA) is 66.4 Å². The van der Waals surface area contributed by atoms with Crippen LogP contribution in [0.1, 0.15) is 17.3 Å². The lowest BCUT2D eigenvalue weighted by Gasteiger charge is -2.09. The number of hydrogen-bond acceptors (Lipinski definition) is 2. The van der Waals surface area contributed by atoms with Crippen LogP contribution in [0.15, 0.2) is 18.2 Å². The van der Waals surface area contributed by atoms with Gasteiger partial charge in [0.1, 0.15) is 11.9 Å². The lowest BCUT2D eigenvalue weighted by Crippen LogP contribution is -2.38. The monoisotopic (exact) mass is 245 g/mol. The van der Waals surface area contributed by atoms with Crippen molar-refractivity contribution in [2.75, 3.05) is 0 Å². The molecular weight excluding hydrogens is 237 g/mol. The van der Waals surface area contributed by atoms with Gasteiger partial charge >= 0.3 is 5.97 Å². The highest BCUT2D eigenvalue weighted by Gasteiger charge is 2.18. The third-order valence-corrected chi connectivity index (χ3v) is 2.13. The minimum Gasteiger partial charge on any atom is -0.480 e. The van der Waals surface area contributed by atoms with Gasteiger partial charge in [-0.3, -0.25) is 9.59 Å². The van der Waals surface area contributed by atoms with Crippen LogP contribution in [0.2, 0.25) is 5.02 Å². The Morgan fingerprint density at radius 1 is 1.50 bits per heavy atom. The number of carboxylic acid groups (broad SMARTS) is 1. The molecule has 0 radical (unpaired) electrons. The first-order valence-electron chi connectivity index (χ1n) is 4.40. The van der Waals surface area contributed by atoms with Crippen LogP contribution in [0.25, 0.3) is 0 Å². The van der Waals surface area contributed by atoms with E-state index in [1.165, 1.54) is 13.0 Å². The highest BCUT2D eigenvalue weighted by molar-refractivity contribution is 6.31. The smallest absolute Gasteiger partial charge is 0.325 e. The molecule has 1 rings (SSSR count). The highest BCUT2D eigenvalue weighted by atomic mass is 35.5. The number of carbonyl (C=O) groups is 2. The second-order valence-electron chi connectivity index (χ2n) is 3.16. The minimum atomic E-state index is -1.20. The Bertz CT molecular complexity index is 436. The van der Waals surface area contributed by atoms with E-state index < -0.39 is 23.7 Å². The molecule has 0 saturated heterocycles. The van der Waals surface area contributed by atoms with Crippen molar-refractivity contribution < 1.29 is 19.1 Å². The second-order valence-corrected chi connectivity index (χ2v) is 3.59. The molecule has 1 atom stereocenters. The zero-order chi connectivity index (χ0) is 12.3. The number of carbonyl (C=O) groups excluding carboxylic acids is 1. The zero-order valence-corrected chi connectivity index (χ0v) is 9.08. The van der Waals surface area contributed by atoms with Crippen molar-refractivity contribution in [3.05, 3.63) is 34.6 Å². The molecule has 0 bridgehead atoms. The lowest BCUT2D eigenvalue weighted by molar-refractivity contribution is -0.138. The molecule has 0 aliphatic rings. The van der Waals surface area contributed by atoms with Gasteiger partial charge in [-0.1, -0.05) is 11.6 Å². The van der Waals surface area contributed by atoms with Gasteiger partial charge in [0, 0.05) is 5.02 Å². The Balaban J connectivity index is 2.88. The number of hydrogen-bond donors (Lipinski definition) is 2. The summed E-state index contributed by atoms with van der Waals surface area (Å²) in [5, 5.41) is 10.9. The summed E-state index contributed by atoms with van der Waals surface area (Å²) >= 11 is 5.60. The third-order valence-electron chi connectivity index (χ3n) is 1.89. The van der Waals surface area contributed by atoms with Crippen molar-refractivity contribution in [3.8, 4) is 0 Å². The van der Waals surface area contributed by atoms with Gasteiger partial charge in [-0.05, 0) is 25.1 Å². The molecule has 86 valence electrons. The molecule has 1 amide bonds. The molecule has 1 aromatic carbocycles. The zero-order valence-electron chi connectivity index (χ0n) is 8.33. The van der Waals surface area contributed by atoms with Crippen LogP contribution in [-0.4, -0.2) is 23.0 Å². The Morgan fingerprint density at radius 2 is 2.12 bits per heavy atom. The van der Waals surface area contributed by atoms with Crippen LogP contribution in [-0.2, 0) is 4.79 Å². The number of rotatable bonds is 3. The van der Waals surface area contributed by atoms with Crippen LogP contribution < -0.4 is 5.32 Å². The van der Waals surface area contributed by atoms with Crippen molar-refractivity contribution in [3.63, 3.8) is 0 Å². The maximum absolute atomic E-state index is 13.2. The van der Waals surface area contributed by atoms with E-state index in [1.807, 2.05) is 0 Å². The van der Waals surface area contributed by atoms with E-state index in [-0.39, 0.29) is 10.6 Å². The molecule has 16 heavy (non-hydrogen) atoms. The lowest BCUT2D eigenvalue weighted by atomic mass is 10.2. The molecule has 0 saturated carbocycles. The summed E-state index contributed by atoms with van der Waals surface area (Å²) in [7, 11) is 0. The number of carboxylic acids is 1. The molecule has 0 heterocycles. The van der Waals surface area contributed by atoms with Crippen LogP contribution in [0.4, 0.5) is 4.39 Å². The summed E-state index contributed by atoms with van der Waals surface area (Å²) in [6.45, 7) is 1.28. The molecule has 6 heteroatoms. The van der Waals surface area contributed by atoms with Crippen molar-refractivity contribution >= 4 is 23.5 Å². The van der Waals surface area contributed by atoms with E-state index in [0.717, 1.165) is 12.1 Å². The summed E-state index contributed by atoms with van der Waals surface area (Å²) in [6.07, 6.45) is 0. The molecule has 2 N–H and O–H groups in total. The van der Waals surface area contributed by atoms with Gasteiger partial charge in [0.05, 0.1) is 5.56 Å². The van der Waals surface area contributed by atoms with Crippen LogP contribution >= 0.6 is 11.6 Å². The SMILES string of the molecule is C[C@@H](NC(=O)c1cc(Cl)ccc1F)C(=O)O. The quantitative estimate of drug-likeness (QED) is 0.852. The van der Waals surface area contributed by atoms with E-state index in [1.54, 1.807) is 0 Å². The minimum absolute atomic E-state index is 0.203. The van der Waals surface area contributed by atoms with Gasteiger partial charge in [0.15, 0.2) is 0 Å². The normalized spacial score (nSPS) is 11.9. The van der Waals surface area contributed by atoms with E-state index in [0.29, 0.717) is 0 Å². The van der Waals surface area contributed by atoms with Crippen LogP contribution in [0.3, 0.4) is 0 Å². The molecular formula is C10H9ClFNO3. The summed E-state index contributed by atoms with van der Waals surface area (Å²) in [5.41, 5.74) is -0.277. The largest absolute Gasteiger partial charge is 0.480 e. The standard InChI is InChI=1S/C10H9ClFNO3/c1-5(10(15)16)13-9(14)7-4-6(11)2-3-8(7)12/h2-5H,1H3,(H,13,14)(H,15,16)/t5-/m1/s1. The third kappa shape index (κ3) is 2.93. The Morgan fingerprint density at radius 3 is 2.69 bits per heavy atom. The Labute approximate surface area is 96.0 Å². The first-order chi connectivity index (χ1) is 7.41. The van der Waals surface area contributed by atoms with Crippen LogP contribution in [0.5, 0.6) is 0 Å². The van der Waals surface area contributed by atoms with Crippen molar-refractivity contribution in [1.82, 2.24) is 5.32 Å². The maximum Gasteiger partial charge on any atom is 0.325 e. The average Bonchev–Trinajstić information content (AvgIpc) is 2.21. The average molecular weight is 246 g/mol. The number of nitrogens with one attached hydrogen (secondary N) is 1. The van der Waals surface area contributed by atoms with Crippen molar-refractivity contribution in [2.45, 2.75) is 13.0 Å². The van der Waals surface area contributed by atoms with Gasteiger partial charge in [-0.2, -0.15) is 0 Å². The van der Waals surface area contributed by atoms with E-state index in [4.69, 9.17) is 16.7 Å².